The number of anilines is 3. The summed E-state index contributed by atoms with van der Waals surface area (Å²) in [4.78, 5) is 2.61. The molecule has 2 spiro atoms. The standard InChI is InChI=1S/C57H55NO/c1-53(2)26-27-54(3,4)52-41(16-13-19-44(52)53)40-15-8-11-20-47(40)58(36-22-24-39-38-14-7-9-17-42(38)55(5,6)45(39)31-36)37-23-25-49-46(32-37)57(43-18-10-12-21-48(43)59-49)50-29-34-28-35-30-51(57)56(35,50)33-34/h7-25,31-32,34-35,50-51H,26-30,33H2,1-6H3. The Morgan fingerprint density at radius 1 is 0.508 bits per heavy atom. The predicted octanol–water partition coefficient (Wildman–Crippen LogP) is 14.9. The van der Waals surface area contributed by atoms with Gasteiger partial charge in [0.05, 0.1) is 5.69 Å². The molecule has 7 aliphatic rings. The van der Waals surface area contributed by atoms with E-state index in [0.29, 0.717) is 17.3 Å². The lowest BCUT2D eigenvalue weighted by Gasteiger charge is -2.77. The Morgan fingerprint density at radius 2 is 1.14 bits per heavy atom. The molecule has 6 unspecified atom stereocenters. The van der Waals surface area contributed by atoms with Crippen LogP contribution in [0.5, 0.6) is 11.5 Å². The molecule has 2 bridgehead atoms. The molecule has 0 saturated heterocycles. The molecule has 2 nitrogen and oxygen atoms in total. The summed E-state index contributed by atoms with van der Waals surface area (Å²) in [5, 5.41) is 0. The molecule has 1 aliphatic heterocycles. The van der Waals surface area contributed by atoms with Crippen molar-refractivity contribution in [1.29, 1.82) is 0 Å². The van der Waals surface area contributed by atoms with Crippen molar-refractivity contribution < 1.29 is 4.74 Å². The minimum absolute atomic E-state index is 0.00667. The molecule has 4 saturated carbocycles. The van der Waals surface area contributed by atoms with Crippen LogP contribution in [0, 0.1) is 29.1 Å². The molecule has 59 heavy (non-hydrogen) atoms. The van der Waals surface area contributed by atoms with Crippen LogP contribution in [0.4, 0.5) is 17.1 Å². The van der Waals surface area contributed by atoms with Crippen LogP contribution in [0.15, 0.2) is 127 Å². The first-order valence-electron chi connectivity index (χ1n) is 22.6. The molecule has 6 aliphatic carbocycles. The monoisotopic (exact) mass is 769 g/mol. The third-order valence-electron chi connectivity index (χ3n) is 17.8. The van der Waals surface area contributed by atoms with E-state index in [1.807, 2.05) is 0 Å². The average molecular weight is 770 g/mol. The summed E-state index contributed by atoms with van der Waals surface area (Å²) in [5.41, 5.74) is 18.4. The van der Waals surface area contributed by atoms with Gasteiger partial charge in [0.25, 0.3) is 0 Å². The molecule has 0 aromatic heterocycles. The van der Waals surface area contributed by atoms with Gasteiger partial charge in [-0.1, -0.05) is 126 Å². The van der Waals surface area contributed by atoms with Crippen LogP contribution < -0.4 is 9.64 Å². The molecule has 294 valence electrons. The minimum atomic E-state index is -0.110. The highest BCUT2D eigenvalue weighted by molar-refractivity contribution is 5.92. The minimum Gasteiger partial charge on any atom is -0.457 e. The fourth-order valence-corrected chi connectivity index (χ4v) is 15.3. The van der Waals surface area contributed by atoms with E-state index in [9.17, 15) is 0 Å². The smallest absolute Gasteiger partial charge is 0.131 e. The summed E-state index contributed by atoms with van der Waals surface area (Å²) in [6.07, 6.45) is 8.02. The quantitative estimate of drug-likeness (QED) is 0.177. The van der Waals surface area contributed by atoms with Crippen molar-refractivity contribution in [1.82, 2.24) is 0 Å². The van der Waals surface area contributed by atoms with Gasteiger partial charge < -0.3 is 9.64 Å². The van der Waals surface area contributed by atoms with Gasteiger partial charge in [-0.15, -0.1) is 0 Å². The first-order chi connectivity index (χ1) is 28.4. The second kappa shape index (κ2) is 11.2. The highest BCUT2D eigenvalue weighted by Crippen LogP contribution is 2.89. The topological polar surface area (TPSA) is 12.5 Å². The van der Waals surface area contributed by atoms with Crippen molar-refractivity contribution >= 4 is 17.1 Å². The summed E-state index contributed by atoms with van der Waals surface area (Å²) in [6.45, 7) is 14.6. The Labute approximate surface area is 350 Å². The second-order valence-corrected chi connectivity index (χ2v) is 21.6. The molecule has 6 aromatic rings. The van der Waals surface area contributed by atoms with E-state index in [2.05, 4.69) is 174 Å². The maximum Gasteiger partial charge on any atom is 0.131 e. The zero-order chi connectivity index (χ0) is 39.8. The molecule has 2 heteroatoms. The van der Waals surface area contributed by atoms with Crippen LogP contribution in [0.1, 0.15) is 113 Å². The van der Waals surface area contributed by atoms with Crippen molar-refractivity contribution in [2.75, 3.05) is 4.90 Å². The van der Waals surface area contributed by atoms with Crippen molar-refractivity contribution in [3.8, 4) is 33.8 Å². The van der Waals surface area contributed by atoms with Gasteiger partial charge in [0, 0.05) is 38.9 Å². The molecule has 6 aromatic carbocycles. The number of ether oxygens (including phenoxy) is 1. The third-order valence-corrected chi connectivity index (χ3v) is 17.8. The van der Waals surface area contributed by atoms with E-state index < -0.39 is 0 Å². The summed E-state index contributed by atoms with van der Waals surface area (Å²) in [7, 11) is 0. The highest BCUT2D eigenvalue weighted by Gasteiger charge is 2.84. The van der Waals surface area contributed by atoms with E-state index in [1.165, 1.54) is 111 Å². The number of benzene rings is 6. The molecular formula is C57H55NO. The summed E-state index contributed by atoms with van der Waals surface area (Å²) >= 11 is 0. The van der Waals surface area contributed by atoms with Crippen molar-refractivity contribution in [2.45, 2.75) is 102 Å². The molecule has 13 rings (SSSR count). The van der Waals surface area contributed by atoms with Crippen LogP contribution >= 0.6 is 0 Å². The maximum absolute atomic E-state index is 6.95. The van der Waals surface area contributed by atoms with E-state index >= 15 is 0 Å². The summed E-state index contributed by atoms with van der Waals surface area (Å²) in [5.74, 6) is 5.35. The van der Waals surface area contributed by atoms with Crippen LogP contribution in [0.2, 0.25) is 0 Å². The normalized spacial score (nSPS) is 29.5. The van der Waals surface area contributed by atoms with Crippen LogP contribution in [-0.4, -0.2) is 0 Å². The third kappa shape index (κ3) is 4.15. The van der Waals surface area contributed by atoms with E-state index in [1.54, 1.807) is 0 Å². The fraction of sp³-hybridized carbons (Fsp3) is 0.368. The number of fused-ring (bicyclic) bond motifs is 11. The van der Waals surface area contributed by atoms with E-state index in [4.69, 9.17) is 4.74 Å². The molecular weight excluding hydrogens is 715 g/mol. The van der Waals surface area contributed by atoms with Crippen molar-refractivity contribution in [3.05, 3.63) is 161 Å². The Balaban J connectivity index is 1.05. The highest BCUT2D eigenvalue weighted by atomic mass is 16.5. The number of hydrogen-bond acceptors (Lipinski definition) is 2. The van der Waals surface area contributed by atoms with Gasteiger partial charge in [0.2, 0.25) is 0 Å². The Hall–Kier alpha value is -5.08. The lowest BCUT2D eigenvalue weighted by atomic mass is 9.26. The number of para-hydroxylation sites is 2. The predicted molar refractivity (Wildman–Crippen MR) is 242 cm³/mol. The first-order valence-corrected chi connectivity index (χ1v) is 22.6. The average Bonchev–Trinajstić information content (AvgIpc) is 3.85. The lowest BCUT2D eigenvalue weighted by Crippen LogP contribution is -2.74. The van der Waals surface area contributed by atoms with Gasteiger partial charge >= 0.3 is 0 Å². The summed E-state index contributed by atoms with van der Waals surface area (Å²) < 4.78 is 6.95. The zero-order valence-electron chi connectivity index (χ0n) is 35.5. The maximum atomic E-state index is 6.95. The summed E-state index contributed by atoms with van der Waals surface area (Å²) in [6, 6.07) is 49.1. The Bertz CT molecular complexity index is 2800. The van der Waals surface area contributed by atoms with Gasteiger partial charge in [0.1, 0.15) is 11.5 Å². The zero-order valence-corrected chi connectivity index (χ0v) is 35.5. The van der Waals surface area contributed by atoms with Gasteiger partial charge in [-0.25, -0.2) is 0 Å². The van der Waals surface area contributed by atoms with E-state index in [0.717, 1.165) is 23.3 Å². The molecule has 1 heterocycles. The van der Waals surface area contributed by atoms with Gasteiger partial charge in [-0.2, -0.15) is 0 Å². The number of rotatable bonds is 4. The second-order valence-electron chi connectivity index (χ2n) is 21.6. The van der Waals surface area contributed by atoms with Crippen molar-refractivity contribution in [3.63, 3.8) is 0 Å². The van der Waals surface area contributed by atoms with Gasteiger partial charge in [0.15, 0.2) is 0 Å². The first kappa shape index (κ1) is 34.8. The molecule has 6 atom stereocenters. The molecule has 0 radical (unpaired) electrons. The Morgan fingerprint density at radius 3 is 1.97 bits per heavy atom. The molecule has 4 fully saturated rings. The van der Waals surface area contributed by atoms with Crippen LogP contribution in [-0.2, 0) is 21.7 Å². The van der Waals surface area contributed by atoms with Gasteiger partial charge in [-0.3, -0.25) is 0 Å². The SMILES string of the molecule is CC1(C)CCC(C)(C)c2c(-c3ccccc3N(c3ccc4c(c3)C(C)(C)c3ccccc3-4)c3ccc4c(c3)C3(c5ccccc5O4)C4CC5CC6CC3C64C5)cccc21. The van der Waals surface area contributed by atoms with Crippen LogP contribution in [0.25, 0.3) is 22.3 Å². The largest absolute Gasteiger partial charge is 0.457 e. The lowest BCUT2D eigenvalue weighted by molar-refractivity contribution is -0.235. The van der Waals surface area contributed by atoms with Gasteiger partial charge in [-0.05, 0) is 160 Å². The fourth-order valence-electron chi connectivity index (χ4n) is 15.3. The number of hydrogen-bond donors (Lipinski definition) is 0. The van der Waals surface area contributed by atoms with E-state index in [-0.39, 0.29) is 21.7 Å². The van der Waals surface area contributed by atoms with Crippen LogP contribution in [0.3, 0.4) is 0 Å². The molecule has 0 N–H and O–H groups in total. The number of nitrogens with zero attached hydrogens (tertiary/aromatic N) is 1. The Kier molecular flexibility index (Phi) is 6.59. The molecule has 0 amide bonds. The van der Waals surface area contributed by atoms with Crippen molar-refractivity contribution in [2.24, 2.45) is 29.1 Å².